The van der Waals surface area contributed by atoms with Crippen molar-refractivity contribution < 1.29 is 5.11 Å². The molecule has 0 fully saturated rings. The summed E-state index contributed by atoms with van der Waals surface area (Å²) < 4.78 is 0. The molecular weight excluding hydrogens is 301 g/mol. The van der Waals surface area contributed by atoms with Gasteiger partial charge in [-0.25, -0.2) is 0 Å². The molecule has 1 N–H and O–H groups in total. The maximum Gasteiger partial charge on any atom is 0.126 e. The molecule has 1 atom stereocenters. The lowest BCUT2D eigenvalue weighted by molar-refractivity contribution is 0.475. The van der Waals surface area contributed by atoms with E-state index < -0.39 is 0 Å². The lowest BCUT2D eigenvalue weighted by atomic mass is 10.2. The fraction of sp³-hybridized carbons (Fsp3) is 0.0500. The average molecular weight is 319 g/mol. The number of para-hydroxylation sites is 2. The number of hydrogen-bond acceptors (Lipinski definition) is 2. The maximum absolute atomic E-state index is 10.2. The molecule has 114 valence electrons. The Morgan fingerprint density at radius 3 is 2.35 bits per heavy atom. The van der Waals surface area contributed by atoms with Crippen molar-refractivity contribution in [3.8, 4) is 5.75 Å². The highest BCUT2D eigenvalue weighted by molar-refractivity contribution is 7.56. The molecule has 3 heteroatoms. The third-order valence-corrected chi connectivity index (χ3v) is 4.97. The number of aromatic hydroxyl groups is 1. The van der Waals surface area contributed by atoms with Crippen LogP contribution < -0.4 is 10.6 Å². The summed E-state index contributed by atoms with van der Waals surface area (Å²) in [6.07, 6.45) is 1.89. The summed E-state index contributed by atoms with van der Waals surface area (Å²) in [5, 5.41) is 12.4. The number of aryl methyl sites for hydroxylation is 1. The number of hydrogen-bond donors (Lipinski definition) is 1. The van der Waals surface area contributed by atoms with E-state index in [1.807, 2.05) is 73.8 Å². The minimum Gasteiger partial charge on any atom is -0.507 e. The van der Waals surface area contributed by atoms with E-state index in [2.05, 4.69) is 17.1 Å². The SMILES string of the molecule is Cc1cccc(Pc2ccccc2/C=N/c2ccccc2)c1O. The van der Waals surface area contributed by atoms with E-state index in [0.717, 1.165) is 22.1 Å². The lowest BCUT2D eigenvalue weighted by Gasteiger charge is -2.09. The van der Waals surface area contributed by atoms with Gasteiger partial charge in [0, 0.05) is 17.1 Å². The topological polar surface area (TPSA) is 32.6 Å². The quantitative estimate of drug-likeness (QED) is 0.570. The van der Waals surface area contributed by atoms with Gasteiger partial charge in [-0.15, -0.1) is 0 Å². The Labute approximate surface area is 138 Å². The predicted molar refractivity (Wildman–Crippen MR) is 101 cm³/mol. The molecule has 0 spiro atoms. The number of rotatable bonds is 4. The highest BCUT2D eigenvalue weighted by atomic mass is 31.1. The molecule has 0 bridgehead atoms. The highest BCUT2D eigenvalue weighted by Gasteiger charge is 2.07. The van der Waals surface area contributed by atoms with Crippen molar-refractivity contribution in [3.05, 3.63) is 83.9 Å². The van der Waals surface area contributed by atoms with Gasteiger partial charge < -0.3 is 5.11 Å². The molecule has 0 aromatic heterocycles. The molecule has 3 aromatic carbocycles. The fourth-order valence-corrected chi connectivity index (χ4v) is 3.54. The van der Waals surface area contributed by atoms with Crippen LogP contribution in [0.1, 0.15) is 11.1 Å². The van der Waals surface area contributed by atoms with Gasteiger partial charge in [0.1, 0.15) is 5.75 Å². The van der Waals surface area contributed by atoms with Gasteiger partial charge in [0.15, 0.2) is 0 Å². The van der Waals surface area contributed by atoms with Crippen LogP contribution in [0.5, 0.6) is 5.75 Å². The monoisotopic (exact) mass is 319 g/mol. The molecule has 3 aromatic rings. The van der Waals surface area contributed by atoms with Gasteiger partial charge in [-0.1, -0.05) is 69.2 Å². The van der Waals surface area contributed by atoms with Crippen molar-refractivity contribution in [2.24, 2.45) is 4.99 Å². The van der Waals surface area contributed by atoms with E-state index in [4.69, 9.17) is 0 Å². The summed E-state index contributed by atoms with van der Waals surface area (Å²) in [5.74, 6) is 0.389. The summed E-state index contributed by atoms with van der Waals surface area (Å²) in [6, 6.07) is 24.0. The maximum atomic E-state index is 10.2. The zero-order chi connectivity index (χ0) is 16.1. The van der Waals surface area contributed by atoms with E-state index in [1.54, 1.807) is 0 Å². The fourth-order valence-electron chi connectivity index (χ4n) is 2.29. The van der Waals surface area contributed by atoms with Crippen molar-refractivity contribution >= 4 is 31.1 Å². The second-order valence-electron chi connectivity index (χ2n) is 5.28. The van der Waals surface area contributed by atoms with Crippen molar-refractivity contribution in [3.63, 3.8) is 0 Å². The van der Waals surface area contributed by atoms with Crippen molar-refractivity contribution in [1.29, 1.82) is 0 Å². The average Bonchev–Trinajstić information content (AvgIpc) is 2.59. The zero-order valence-corrected chi connectivity index (χ0v) is 13.9. The number of nitrogens with zero attached hydrogens (tertiary/aromatic N) is 1. The van der Waals surface area contributed by atoms with Crippen molar-refractivity contribution in [2.75, 3.05) is 0 Å². The molecule has 0 aliphatic heterocycles. The Kier molecular flexibility index (Phi) is 4.85. The van der Waals surface area contributed by atoms with Gasteiger partial charge in [-0.3, -0.25) is 4.99 Å². The second-order valence-corrected chi connectivity index (χ2v) is 6.60. The van der Waals surface area contributed by atoms with Crippen LogP contribution in [0.15, 0.2) is 77.8 Å². The van der Waals surface area contributed by atoms with Gasteiger partial charge in [0.05, 0.1) is 5.69 Å². The first-order valence-electron chi connectivity index (χ1n) is 7.48. The van der Waals surface area contributed by atoms with Crippen LogP contribution in [0.3, 0.4) is 0 Å². The molecule has 2 nitrogen and oxygen atoms in total. The van der Waals surface area contributed by atoms with Gasteiger partial charge in [-0.2, -0.15) is 0 Å². The summed E-state index contributed by atoms with van der Waals surface area (Å²) in [5.41, 5.74) is 2.92. The Morgan fingerprint density at radius 1 is 0.826 bits per heavy atom. The molecule has 0 saturated carbocycles. The Hall–Kier alpha value is -2.44. The van der Waals surface area contributed by atoms with Crippen LogP contribution >= 0.6 is 8.58 Å². The first kappa shape index (κ1) is 15.5. The second kappa shape index (κ2) is 7.21. The van der Waals surface area contributed by atoms with Crippen LogP contribution in [0.2, 0.25) is 0 Å². The molecular formula is C20H18NOP. The predicted octanol–water partition coefficient (Wildman–Crippen LogP) is 4.08. The Balaban J connectivity index is 1.89. The summed E-state index contributed by atoms with van der Waals surface area (Å²) in [7, 11) is 0.397. The van der Waals surface area contributed by atoms with E-state index in [0.29, 0.717) is 14.3 Å². The molecule has 3 rings (SSSR count). The molecule has 0 aliphatic carbocycles. The molecule has 1 unspecified atom stereocenters. The zero-order valence-electron chi connectivity index (χ0n) is 12.9. The number of aliphatic imine (C=N–C) groups is 1. The molecule has 0 amide bonds. The minimum atomic E-state index is 0.389. The normalized spacial score (nSPS) is 11.5. The molecule has 0 aliphatic rings. The van der Waals surface area contributed by atoms with Crippen LogP contribution in [0.4, 0.5) is 5.69 Å². The number of benzene rings is 3. The van der Waals surface area contributed by atoms with E-state index in [-0.39, 0.29) is 0 Å². The molecule has 0 heterocycles. The lowest BCUT2D eigenvalue weighted by Crippen LogP contribution is -2.09. The smallest absolute Gasteiger partial charge is 0.126 e. The molecule has 0 radical (unpaired) electrons. The Morgan fingerprint density at radius 2 is 1.52 bits per heavy atom. The minimum absolute atomic E-state index is 0.389. The molecule has 23 heavy (non-hydrogen) atoms. The third-order valence-electron chi connectivity index (χ3n) is 3.58. The van der Waals surface area contributed by atoms with Crippen LogP contribution in [0.25, 0.3) is 0 Å². The van der Waals surface area contributed by atoms with Crippen LogP contribution in [0, 0.1) is 6.92 Å². The van der Waals surface area contributed by atoms with Crippen molar-refractivity contribution in [1.82, 2.24) is 0 Å². The molecule has 0 saturated heterocycles. The van der Waals surface area contributed by atoms with Gasteiger partial charge in [0.2, 0.25) is 0 Å². The third kappa shape index (κ3) is 3.85. The summed E-state index contributed by atoms with van der Waals surface area (Å²) in [4.78, 5) is 4.54. The summed E-state index contributed by atoms with van der Waals surface area (Å²) >= 11 is 0. The van der Waals surface area contributed by atoms with Gasteiger partial charge >= 0.3 is 0 Å². The number of phenolic OH excluding ortho intramolecular Hbond substituents is 1. The van der Waals surface area contributed by atoms with Crippen LogP contribution in [-0.4, -0.2) is 11.3 Å². The largest absolute Gasteiger partial charge is 0.507 e. The van der Waals surface area contributed by atoms with E-state index in [9.17, 15) is 5.11 Å². The van der Waals surface area contributed by atoms with Crippen LogP contribution in [-0.2, 0) is 0 Å². The van der Waals surface area contributed by atoms with E-state index in [1.165, 1.54) is 5.30 Å². The Bertz CT molecular complexity index is 828. The number of phenols is 1. The van der Waals surface area contributed by atoms with Gasteiger partial charge in [0.25, 0.3) is 0 Å². The first-order valence-corrected chi connectivity index (χ1v) is 8.48. The van der Waals surface area contributed by atoms with E-state index >= 15 is 0 Å². The van der Waals surface area contributed by atoms with Gasteiger partial charge in [-0.05, 0) is 29.9 Å². The van der Waals surface area contributed by atoms with Crippen molar-refractivity contribution in [2.45, 2.75) is 6.92 Å². The summed E-state index contributed by atoms with van der Waals surface area (Å²) in [6.45, 7) is 1.92. The first-order chi connectivity index (χ1) is 11.2. The highest BCUT2D eigenvalue weighted by Crippen LogP contribution is 2.22. The standard InChI is InChI=1S/C20H18NOP/c1-15-8-7-13-19(20(15)22)23-18-12-6-5-9-16(18)14-21-17-10-3-2-4-11-17/h2-14,22-23H,1H3/b21-14+.